The molecular weight excluding hydrogens is 409 g/mol. The van der Waals surface area contributed by atoms with Crippen molar-refractivity contribution in [2.75, 3.05) is 50.8 Å². The Morgan fingerprint density at radius 3 is 2.16 bits per heavy atom. The second-order valence-electron chi connectivity index (χ2n) is 8.31. The van der Waals surface area contributed by atoms with E-state index < -0.39 is 0 Å². The van der Waals surface area contributed by atoms with Gasteiger partial charge in [0, 0.05) is 39.3 Å². The number of halogens is 1. The fourth-order valence-electron chi connectivity index (χ4n) is 4.35. The minimum Gasteiger partial charge on any atom is -0.483 e. The smallest absolute Gasteiger partial charge is 0.260 e. The summed E-state index contributed by atoms with van der Waals surface area (Å²) in [6.45, 7) is 3.59. The third-order valence-electron chi connectivity index (χ3n) is 6.19. The number of carbonyl (C=O) groups is 2. The highest BCUT2D eigenvalue weighted by atomic mass is 19.1. The number of benzene rings is 2. The van der Waals surface area contributed by atoms with E-state index in [4.69, 9.17) is 4.74 Å². The maximum absolute atomic E-state index is 14.1. The molecule has 7 heteroatoms. The number of likely N-dealkylation sites (tertiary alicyclic amines) is 1. The highest BCUT2D eigenvalue weighted by molar-refractivity contribution is 5.97. The maximum atomic E-state index is 14.1. The summed E-state index contributed by atoms with van der Waals surface area (Å²) in [6, 6.07) is 13.8. The molecular formula is C25H30FN3O3. The van der Waals surface area contributed by atoms with Crippen LogP contribution in [0.2, 0.25) is 0 Å². The van der Waals surface area contributed by atoms with Gasteiger partial charge in [0.1, 0.15) is 11.6 Å². The molecule has 0 aliphatic carbocycles. The second-order valence-corrected chi connectivity index (χ2v) is 8.31. The first-order valence-electron chi connectivity index (χ1n) is 11.4. The number of carbonyl (C=O) groups excluding carboxylic acids is 2. The molecule has 2 saturated heterocycles. The molecule has 0 aromatic heterocycles. The Bertz CT molecular complexity index is 936. The van der Waals surface area contributed by atoms with Crippen LogP contribution >= 0.6 is 0 Å². The van der Waals surface area contributed by atoms with Crippen LogP contribution < -0.4 is 9.64 Å². The lowest BCUT2D eigenvalue weighted by molar-refractivity contribution is -0.133. The minimum atomic E-state index is -0.250. The lowest BCUT2D eigenvalue weighted by atomic mass is 10.1. The van der Waals surface area contributed by atoms with E-state index in [1.54, 1.807) is 41.3 Å². The molecule has 2 aromatic rings. The van der Waals surface area contributed by atoms with E-state index in [1.807, 2.05) is 15.9 Å². The molecule has 4 rings (SSSR count). The first kappa shape index (κ1) is 22.1. The number of piperazine rings is 1. The van der Waals surface area contributed by atoms with Crippen molar-refractivity contribution in [3.63, 3.8) is 0 Å². The molecule has 2 aliphatic rings. The minimum absolute atomic E-state index is 0.0346. The molecule has 2 fully saturated rings. The number of hydrogen-bond donors (Lipinski definition) is 0. The Hall–Kier alpha value is -3.09. The van der Waals surface area contributed by atoms with Crippen molar-refractivity contribution < 1.29 is 18.7 Å². The molecule has 2 heterocycles. The monoisotopic (exact) mass is 439 g/mol. The third kappa shape index (κ3) is 5.21. The Morgan fingerprint density at radius 1 is 0.781 bits per heavy atom. The van der Waals surface area contributed by atoms with Crippen LogP contribution in [0.1, 0.15) is 36.0 Å². The van der Waals surface area contributed by atoms with Crippen LogP contribution in [0, 0.1) is 5.82 Å². The molecule has 2 aromatic carbocycles. The van der Waals surface area contributed by atoms with E-state index in [-0.39, 0.29) is 24.2 Å². The first-order valence-corrected chi connectivity index (χ1v) is 11.4. The third-order valence-corrected chi connectivity index (χ3v) is 6.19. The molecule has 0 unspecified atom stereocenters. The number of hydrogen-bond acceptors (Lipinski definition) is 4. The van der Waals surface area contributed by atoms with Crippen molar-refractivity contribution in [2.45, 2.75) is 25.7 Å². The number of nitrogens with zero attached hydrogens (tertiary/aromatic N) is 3. The number of anilines is 1. The van der Waals surface area contributed by atoms with E-state index in [0.717, 1.165) is 38.8 Å². The summed E-state index contributed by atoms with van der Waals surface area (Å²) in [5.41, 5.74) is 1.02. The average molecular weight is 440 g/mol. The lowest BCUT2D eigenvalue weighted by Crippen LogP contribution is -2.49. The maximum Gasteiger partial charge on any atom is 0.260 e. The number of para-hydroxylation sites is 2. The van der Waals surface area contributed by atoms with Crippen molar-refractivity contribution >= 4 is 17.5 Å². The molecule has 6 nitrogen and oxygen atoms in total. The van der Waals surface area contributed by atoms with Crippen LogP contribution in [0.5, 0.6) is 5.75 Å². The highest BCUT2D eigenvalue weighted by Gasteiger charge is 2.26. The normalized spacial score (nSPS) is 17.1. The molecule has 0 N–H and O–H groups in total. The summed E-state index contributed by atoms with van der Waals surface area (Å²) in [6.07, 6.45) is 4.37. The summed E-state index contributed by atoms with van der Waals surface area (Å²) >= 11 is 0. The van der Waals surface area contributed by atoms with Crippen LogP contribution in [0.15, 0.2) is 48.5 Å². The fraction of sp³-hybridized carbons (Fsp3) is 0.440. The molecule has 170 valence electrons. The summed E-state index contributed by atoms with van der Waals surface area (Å²) < 4.78 is 19.9. The van der Waals surface area contributed by atoms with E-state index in [0.29, 0.717) is 43.2 Å². The van der Waals surface area contributed by atoms with E-state index in [2.05, 4.69) is 0 Å². The van der Waals surface area contributed by atoms with Crippen molar-refractivity contribution in [1.29, 1.82) is 0 Å². The van der Waals surface area contributed by atoms with Crippen molar-refractivity contribution in [3.05, 3.63) is 59.9 Å². The van der Waals surface area contributed by atoms with Crippen molar-refractivity contribution in [3.8, 4) is 5.75 Å². The topological polar surface area (TPSA) is 53.1 Å². The summed E-state index contributed by atoms with van der Waals surface area (Å²) in [4.78, 5) is 31.3. The van der Waals surface area contributed by atoms with Gasteiger partial charge in [-0.1, -0.05) is 37.1 Å². The van der Waals surface area contributed by atoms with Gasteiger partial charge in [-0.05, 0) is 37.1 Å². The zero-order valence-electron chi connectivity index (χ0n) is 18.3. The highest BCUT2D eigenvalue weighted by Crippen LogP contribution is 2.24. The predicted octanol–water partition coefficient (Wildman–Crippen LogP) is 3.57. The summed E-state index contributed by atoms with van der Waals surface area (Å²) in [5.74, 6) is 0.0148. The molecule has 0 saturated carbocycles. The molecule has 32 heavy (non-hydrogen) atoms. The standard InChI is InChI=1S/C25H30FN3O3/c26-21-10-4-5-11-22(21)27-15-17-29(18-16-27)25(31)20-9-3-6-12-23(20)32-19-24(30)28-13-7-1-2-8-14-28/h3-6,9-12H,1-2,7-8,13-19H2. The molecule has 0 spiro atoms. The Morgan fingerprint density at radius 2 is 1.44 bits per heavy atom. The van der Waals surface area contributed by atoms with Crippen molar-refractivity contribution in [2.24, 2.45) is 0 Å². The summed E-state index contributed by atoms with van der Waals surface area (Å²) in [7, 11) is 0. The first-order chi connectivity index (χ1) is 15.6. The van der Waals surface area contributed by atoms with Crippen LogP contribution in [0.25, 0.3) is 0 Å². The molecule has 2 aliphatic heterocycles. The number of ether oxygens (including phenoxy) is 1. The number of amides is 2. The molecule has 0 atom stereocenters. The quantitative estimate of drug-likeness (QED) is 0.715. The van der Waals surface area contributed by atoms with Gasteiger partial charge in [-0.15, -0.1) is 0 Å². The molecule has 0 bridgehead atoms. The van der Waals surface area contributed by atoms with Crippen molar-refractivity contribution in [1.82, 2.24) is 9.80 Å². The number of rotatable bonds is 5. The van der Waals surface area contributed by atoms with Crippen LogP contribution in [-0.4, -0.2) is 67.5 Å². The van der Waals surface area contributed by atoms with Gasteiger partial charge in [-0.2, -0.15) is 0 Å². The SMILES string of the molecule is O=C(COc1ccccc1C(=O)N1CCN(c2ccccc2F)CC1)N1CCCCCC1. The van der Waals surface area contributed by atoms with Gasteiger partial charge in [0.05, 0.1) is 11.3 Å². The second kappa shape index (κ2) is 10.5. The summed E-state index contributed by atoms with van der Waals surface area (Å²) in [5, 5.41) is 0. The van der Waals surface area contributed by atoms with E-state index in [1.165, 1.54) is 6.07 Å². The Labute approximate surface area is 188 Å². The average Bonchev–Trinajstić information content (AvgIpc) is 3.13. The Balaban J connectivity index is 1.36. The molecule has 0 radical (unpaired) electrons. The van der Waals surface area contributed by atoms with Crippen LogP contribution in [0.3, 0.4) is 0 Å². The van der Waals surface area contributed by atoms with E-state index in [9.17, 15) is 14.0 Å². The Kier molecular flexibility index (Phi) is 7.24. The van der Waals surface area contributed by atoms with Crippen LogP contribution in [-0.2, 0) is 4.79 Å². The van der Waals surface area contributed by atoms with Gasteiger partial charge in [0.25, 0.3) is 11.8 Å². The largest absolute Gasteiger partial charge is 0.483 e. The molecule has 2 amide bonds. The van der Waals surface area contributed by atoms with Gasteiger partial charge in [0.2, 0.25) is 0 Å². The lowest BCUT2D eigenvalue weighted by Gasteiger charge is -2.36. The van der Waals surface area contributed by atoms with Gasteiger partial charge < -0.3 is 19.4 Å². The van der Waals surface area contributed by atoms with Gasteiger partial charge in [-0.3, -0.25) is 9.59 Å². The predicted molar refractivity (Wildman–Crippen MR) is 122 cm³/mol. The van der Waals surface area contributed by atoms with E-state index >= 15 is 0 Å². The van der Waals surface area contributed by atoms with Gasteiger partial charge >= 0.3 is 0 Å². The van der Waals surface area contributed by atoms with Crippen LogP contribution in [0.4, 0.5) is 10.1 Å². The fourth-order valence-corrected chi connectivity index (χ4v) is 4.35. The van der Waals surface area contributed by atoms with Gasteiger partial charge in [-0.25, -0.2) is 4.39 Å². The van der Waals surface area contributed by atoms with Gasteiger partial charge in [0.15, 0.2) is 6.61 Å². The zero-order chi connectivity index (χ0) is 22.3. The zero-order valence-corrected chi connectivity index (χ0v) is 18.3.